The second-order valence-electron chi connectivity index (χ2n) is 8.26. The number of aliphatic hydroxyl groups excluding tert-OH is 1. The van der Waals surface area contributed by atoms with Crippen LogP contribution in [0.3, 0.4) is 0 Å². The van der Waals surface area contributed by atoms with Crippen LogP contribution in [0.25, 0.3) is 0 Å². The van der Waals surface area contributed by atoms with E-state index in [1.54, 1.807) is 36.2 Å². The fraction of sp³-hybridized carbons (Fsp3) is 0.696. The summed E-state index contributed by atoms with van der Waals surface area (Å²) in [5, 5.41) is 13.0. The van der Waals surface area contributed by atoms with E-state index in [-0.39, 0.29) is 6.09 Å². The Morgan fingerprint density at radius 2 is 1.76 bits per heavy atom. The first kappa shape index (κ1) is 24.0. The lowest BCUT2D eigenvalue weighted by Gasteiger charge is -2.29. The highest BCUT2D eigenvalue weighted by atomic mass is 35.5. The van der Waals surface area contributed by atoms with Crippen LogP contribution < -0.4 is 10.1 Å². The van der Waals surface area contributed by atoms with Gasteiger partial charge in [-0.1, -0.05) is 37.3 Å². The van der Waals surface area contributed by atoms with Crippen molar-refractivity contribution in [1.82, 2.24) is 10.2 Å². The minimum atomic E-state index is -0.316. The van der Waals surface area contributed by atoms with E-state index in [0.29, 0.717) is 23.3 Å². The van der Waals surface area contributed by atoms with E-state index in [2.05, 4.69) is 5.32 Å². The Morgan fingerprint density at radius 3 is 2.45 bits per heavy atom. The standard InChI is InChI=1S/C23H37ClN2O3/c1-26(23(28)29-22-12-10-21(24)11-13-22)16-14-19-6-8-20(9-7-19)18-25-15-4-2-3-5-17-27/h10-13,19-20,25,27H,2-9,14-18H2,1H3. The highest BCUT2D eigenvalue weighted by Gasteiger charge is 2.22. The van der Waals surface area contributed by atoms with Crippen molar-refractivity contribution in [2.45, 2.75) is 57.8 Å². The molecule has 1 fully saturated rings. The Balaban J connectivity index is 1.53. The lowest BCUT2D eigenvalue weighted by atomic mass is 9.80. The fourth-order valence-corrected chi connectivity index (χ4v) is 4.02. The summed E-state index contributed by atoms with van der Waals surface area (Å²) in [6, 6.07) is 6.85. The summed E-state index contributed by atoms with van der Waals surface area (Å²) in [4.78, 5) is 13.9. The molecule has 5 nitrogen and oxygen atoms in total. The number of hydrogen-bond donors (Lipinski definition) is 2. The maximum absolute atomic E-state index is 12.2. The van der Waals surface area contributed by atoms with E-state index in [9.17, 15) is 4.79 Å². The third-order valence-corrected chi connectivity index (χ3v) is 6.12. The molecule has 0 radical (unpaired) electrons. The Labute approximate surface area is 180 Å². The van der Waals surface area contributed by atoms with Gasteiger partial charge in [0.2, 0.25) is 0 Å². The van der Waals surface area contributed by atoms with E-state index in [4.69, 9.17) is 21.4 Å². The lowest BCUT2D eigenvalue weighted by molar-refractivity contribution is 0.156. The van der Waals surface area contributed by atoms with Gasteiger partial charge in [-0.15, -0.1) is 0 Å². The van der Waals surface area contributed by atoms with E-state index < -0.39 is 0 Å². The number of ether oxygens (including phenoxy) is 1. The molecule has 2 rings (SSSR count). The maximum atomic E-state index is 12.2. The molecule has 1 amide bonds. The molecular formula is C23H37ClN2O3. The van der Waals surface area contributed by atoms with Crippen LogP contribution in [0, 0.1) is 11.8 Å². The van der Waals surface area contributed by atoms with Gasteiger partial charge in [-0.05, 0) is 81.3 Å². The predicted molar refractivity (Wildman–Crippen MR) is 119 cm³/mol. The maximum Gasteiger partial charge on any atom is 0.414 e. The van der Waals surface area contributed by atoms with Crippen LogP contribution in [0.1, 0.15) is 57.8 Å². The molecule has 0 atom stereocenters. The van der Waals surface area contributed by atoms with E-state index in [1.165, 1.54) is 38.5 Å². The molecule has 1 aliphatic carbocycles. The molecule has 6 heteroatoms. The quantitative estimate of drug-likeness (QED) is 0.457. The molecule has 0 saturated heterocycles. The molecule has 1 aromatic carbocycles. The van der Waals surface area contributed by atoms with Gasteiger partial charge in [0.05, 0.1) is 0 Å². The van der Waals surface area contributed by atoms with Crippen molar-refractivity contribution in [2.24, 2.45) is 11.8 Å². The molecule has 0 bridgehead atoms. The van der Waals surface area contributed by atoms with Crippen LogP contribution in [0.4, 0.5) is 4.79 Å². The molecule has 1 aliphatic rings. The van der Waals surface area contributed by atoms with Gasteiger partial charge in [-0.25, -0.2) is 4.79 Å². The molecule has 29 heavy (non-hydrogen) atoms. The van der Waals surface area contributed by atoms with Gasteiger partial charge in [-0.2, -0.15) is 0 Å². The summed E-state index contributed by atoms with van der Waals surface area (Å²) in [7, 11) is 1.80. The smallest absolute Gasteiger partial charge is 0.410 e. The van der Waals surface area contributed by atoms with Crippen LogP contribution in [-0.2, 0) is 0 Å². The third kappa shape index (κ3) is 9.83. The Hall–Kier alpha value is -1.30. The van der Waals surface area contributed by atoms with Crippen molar-refractivity contribution in [2.75, 3.05) is 33.3 Å². The van der Waals surface area contributed by atoms with Crippen molar-refractivity contribution >= 4 is 17.7 Å². The molecule has 0 spiro atoms. The van der Waals surface area contributed by atoms with Gasteiger partial charge in [-0.3, -0.25) is 0 Å². The highest BCUT2D eigenvalue weighted by molar-refractivity contribution is 6.30. The summed E-state index contributed by atoms with van der Waals surface area (Å²) in [5.41, 5.74) is 0. The van der Waals surface area contributed by atoms with Crippen molar-refractivity contribution in [3.63, 3.8) is 0 Å². The first-order valence-electron chi connectivity index (χ1n) is 11.1. The molecule has 0 aromatic heterocycles. The highest BCUT2D eigenvalue weighted by Crippen LogP contribution is 2.30. The number of nitrogens with zero attached hydrogens (tertiary/aromatic N) is 1. The van der Waals surface area contributed by atoms with E-state index in [1.807, 2.05) is 0 Å². The van der Waals surface area contributed by atoms with Crippen molar-refractivity contribution in [3.05, 3.63) is 29.3 Å². The minimum absolute atomic E-state index is 0.315. The molecule has 0 unspecified atom stereocenters. The SMILES string of the molecule is CN(CCC1CCC(CNCCCCCCO)CC1)C(=O)Oc1ccc(Cl)cc1. The van der Waals surface area contributed by atoms with E-state index in [0.717, 1.165) is 44.8 Å². The van der Waals surface area contributed by atoms with Gasteiger partial charge in [0.1, 0.15) is 5.75 Å². The molecule has 1 aromatic rings. The normalized spacial score (nSPS) is 19.1. The summed E-state index contributed by atoms with van der Waals surface area (Å²) < 4.78 is 5.38. The van der Waals surface area contributed by atoms with Gasteiger partial charge >= 0.3 is 6.09 Å². The number of unbranched alkanes of at least 4 members (excludes halogenated alkanes) is 3. The minimum Gasteiger partial charge on any atom is -0.410 e. The number of nitrogens with one attached hydrogen (secondary N) is 1. The topological polar surface area (TPSA) is 61.8 Å². The molecule has 164 valence electrons. The third-order valence-electron chi connectivity index (χ3n) is 5.86. The van der Waals surface area contributed by atoms with Crippen LogP contribution >= 0.6 is 11.6 Å². The van der Waals surface area contributed by atoms with E-state index >= 15 is 0 Å². The Bertz CT molecular complexity index is 574. The first-order valence-corrected chi connectivity index (χ1v) is 11.5. The number of carbonyl (C=O) groups excluding carboxylic acids is 1. The van der Waals surface area contributed by atoms with Crippen LogP contribution in [-0.4, -0.2) is 49.4 Å². The number of halogens is 1. The number of amides is 1. The van der Waals surface area contributed by atoms with Crippen molar-refractivity contribution < 1.29 is 14.6 Å². The summed E-state index contributed by atoms with van der Waals surface area (Å²) in [6.07, 6.45) is 10.3. The number of carbonyl (C=O) groups is 1. The second kappa shape index (κ2) is 13.8. The molecule has 0 aliphatic heterocycles. The zero-order chi connectivity index (χ0) is 20.9. The van der Waals surface area contributed by atoms with Crippen molar-refractivity contribution in [3.8, 4) is 5.75 Å². The lowest BCUT2D eigenvalue weighted by Crippen LogP contribution is -2.32. The summed E-state index contributed by atoms with van der Waals surface area (Å²) >= 11 is 5.85. The fourth-order valence-electron chi connectivity index (χ4n) is 3.89. The first-order chi connectivity index (χ1) is 14.1. The van der Waals surface area contributed by atoms with Gasteiger partial charge < -0.3 is 20.1 Å². The van der Waals surface area contributed by atoms with Crippen LogP contribution in [0.5, 0.6) is 5.75 Å². The van der Waals surface area contributed by atoms with Gasteiger partial charge in [0.25, 0.3) is 0 Å². The zero-order valence-corrected chi connectivity index (χ0v) is 18.5. The zero-order valence-electron chi connectivity index (χ0n) is 17.7. The van der Waals surface area contributed by atoms with Gasteiger partial charge in [0, 0.05) is 25.2 Å². The number of aliphatic hydroxyl groups is 1. The molecule has 0 heterocycles. The Morgan fingerprint density at radius 1 is 1.10 bits per heavy atom. The van der Waals surface area contributed by atoms with Crippen LogP contribution in [0.15, 0.2) is 24.3 Å². The monoisotopic (exact) mass is 424 g/mol. The number of hydrogen-bond acceptors (Lipinski definition) is 4. The molecule has 1 saturated carbocycles. The summed E-state index contributed by atoms with van der Waals surface area (Å²) in [5.74, 6) is 2.01. The summed E-state index contributed by atoms with van der Waals surface area (Å²) in [6.45, 7) is 3.26. The average Bonchev–Trinajstić information content (AvgIpc) is 2.73. The number of benzene rings is 1. The second-order valence-corrected chi connectivity index (χ2v) is 8.70. The van der Waals surface area contributed by atoms with Crippen molar-refractivity contribution in [1.29, 1.82) is 0 Å². The largest absolute Gasteiger partial charge is 0.414 e. The van der Waals surface area contributed by atoms with Crippen LogP contribution in [0.2, 0.25) is 5.02 Å². The number of rotatable bonds is 12. The Kier molecular flexibility index (Phi) is 11.4. The average molecular weight is 425 g/mol. The predicted octanol–water partition coefficient (Wildman–Crippen LogP) is 5.11. The molecule has 2 N–H and O–H groups in total. The van der Waals surface area contributed by atoms with Gasteiger partial charge in [0.15, 0.2) is 0 Å². The molecular weight excluding hydrogens is 388 g/mol.